The molecule has 4 rings (SSSR count). The molecule has 1 saturated carbocycles. The normalized spacial score (nSPS) is 40.4. The predicted molar refractivity (Wildman–Crippen MR) is 264 cm³/mol. The van der Waals surface area contributed by atoms with Crippen LogP contribution in [0.1, 0.15) is 139 Å². The molecule has 4 aliphatic rings. The number of aliphatic hydroxyl groups is 2. The zero-order chi connectivity index (χ0) is 50.3. The van der Waals surface area contributed by atoms with Crippen molar-refractivity contribution in [2.24, 2.45) is 41.4 Å². The number of nitrogens with zero attached hydrogens (tertiary/aromatic N) is 1. The average Bonchev–Trinajstić information content (AvgIpc) is 3.32. The molecule has 68 heavy (non-hydrogen) atoms. The Kier molecular flexibility index (Phi) is 23.5. The number of amides is 1. The number of allylic oxidation sites excluding steroid dienone is 6. The molecule has 2 saturated heterocycles. The second-order valence-electron chi connectivity index (χ2n) is 21.0. The van der Waals surface area contributed by atoms with Gasteiger partial charge in [-0.2, -0.15) is 0 Å². The van der Waals surface area contributed by atoms with Gasteiger partial charge in [-0.15, -0.1) is 0 Å². The third kappa shape index (κ3) is 15.6. The third-order valence-electron chi connectivity index (χ3n) is 15.7. The number of rotatable bonds is 9. The zero-order valence-corrected chi connectivity index (χ0v) is 43.7. The number of carbonyl (C=O) groups excluding carboxylic acids is 4. The van der Waals surface area contributed by atoms with Gasteiger partial charge in [0.05, 0.1) is 55.9 Å². The minimum absolute atomic E-state index is 0.00293. The first-order valence-electron chi connectivity index (χ1n) is 25.8. The maximum Gasteiger partial charge on any atom is 0.296 e. The van der Waals surface area contributed by atoms with Gasteiger partial charge in [-0.25, -0.2) is 0 Å². The monoisotopic (exact) mass is 956 g/mol. The Morgan fingerprint density at radius 3 is 2.25 bits per heavy atom. The summed E-state index contributed by atoms with van der Waals surface area (Å²) in [5, 5.41) is 21.5. The summed E-state index contributed by atoms with van der Waals surface area (Å²) in [5.74, 6) is -5.30. The van der Waals surface area contributed by atoms with Gasteiger partial charge in [0.2, 0.25) is 5.79 Å². The molecule has 16 atom stereocenters. The predicted octanol–water partition coefficient (Wildman–Crippen LogP) is 8.33. The van der Waals surface area contributed by atoms with Crippen LogP contribution in [-0.4, -0.2) is 134 Å². The number of carbonyl (C=O) groups is 4. The van der Waals surface area contributed by atoms with E-state index in [1.165, 1.54) is 0 Å². The number of hydrogen-bond donors (Lipinski definition) is 2. The molecular formula is C55H89NO12. The molecule has 0 aromatic heterocycles. The number of hydrogen-bond acceptors (Lipinski definition) is 12. The molecule has 13 nitrogen and oxygen atoms in total. The zero-order valence-electron chi connectivity index (χ0n) is 43.7. The molecule has 2 bridgehead atoms. The molecule has 3 heterocycles. The van der Waals surface area contributed by atoms with Gasteiger partial charge in [0, 0.05) is 64.4 Å². The molecule has 1 aliphatic carbocycles. The smallest absolute Gasteiger partial charge is 0.296 e. The van der Waals surface area contributed by atoms with Gasteiger partial charge in [0.15, 0.2) is 5.78 Å². The number of methoxy groups -OCH3 is 3. The summed E-state index contributed by atoms with van der Waals surface area (Å²) in [6, 6.07) is -0.473. The van der Waals surface area contributed by atoms with Gasteiger partial charge in [-0.05, 0) is 108 Å². The number of aliphatic hydroxyl groups excluding tert-OH is 1. The Morgan fingerprint density at radius 1 is 0.838 bits per heavy atom. The largest absolute Gasteiger partial charge is 0.394 e. The molecule has 386 valence electrons. The minimum Gasteiger partial charge on any atom is -0.394 e. The molecule has 4 unspecified atom stereocenters. The first kappa shape index (κ1) is 57.7. The fourth-order valence-electron chi connectivity index (χ4n) is 11.2. The highest BCUT2D eigenvalue weighted by Crippen LogP contribution is 2.38. The van der Waals surface area contributed by atoms with Crippen LogP contribution in [0.5, 0.6) is 0 Å². The van der Waals surface area contributed by atoms with E-state index in [1.807, 2.05) is 71.9 Å². The van der Waals surface area contributed by atoms with Crippen molar-refractivity contribution in [2.75, 3.05) is 41.1 Å². The lowest BCUT2D eigenvalue weighted by molar-refractivity contribution is -0.265. The van der Waals surface area contributed by atoms with Crippen molar-refractivity contribution in [1.29, 1.82) is 0 Å². The van der Waals surface area contributed by atoms with E-state index >= 15 is 0 Å². The highest BCUT2D eigenvalue weighted by Gasteiger charge is 2.53. The average molecular weight is 956 g/mol. The molecular weight excluding hydrogens is 867 g/mol. The van der Waals surface area contributed by atoms with Crippen LogP contribution in [0.2, 0.25) is 0 Å². The Balaban J connectivity index is 1.69. The van der Waals surface area contributed by atoms with E-state index in [2.05, 4.69) is 19.9 Å². The molecule has 0 aromatic carbocycles. The molecule has 0 aromatic rings. The van der Waals surface area contributed by atoms with E-state index in [0.717, 1.165) is 43.3 Å². The maximum atomic E-state index is 14.5. The lowest BCUT2D eigenvalue weighted by Gasteiger charge is -2.44. The Bertz CT molecular complexity index is 1760. The summed E-state index contributed by atoms with van der Waals surface area (Å²) >= 11 is 0. The van der Waals surface area contributed by atoms with Crippen LogP contribution in [0.3, 0.4) is 0 Å². The van der Waals surface area contributed by atoms with Crippen molar-refractivity contribution in [3.05, 3.63) is 47.6 Å². The molecule has 1 amide bonds. The fourth-order valence-corrected chi connectivity index (χ4v) is 11.2. The van der Waals surface area contributed by atoms with Gasteiger partial charge < -0.3 is 43.5 Å². The molecule has 13 heteroatoms. The number of piperidine rings is 1. The molecule has 3 aliphatic heterocycles. The van der Waals surface area contributed by atoms with Crippen molar-refractivity contribution in [3.63, 3.8) is 0 Å². The van der Waals surface area contributed by atoms with Crippen LogP contribution < -0.4 is 0 Å². The summed E-state index contributed by atoms with van der Waals surface area (Å²) in [7, 11) is 4.89. The van der Waals surface area contributed by atoms with E-state index in [9.17, 15) is 29.4 Å². The highest BCUT2D eigenvalue weighted by atomic mass is 16.6. The fraction of sp³-hybridized carbons (Fsp3) is 0.782. The van der Waals surface area contributed by atoms with Gasteiger partial charge in [0.25, 0.3) is 11.7 Å². The van der Waals surface area contributed by atoms with E-state index in [-0.39, 0.29) is 79.1 Å². The van der Waals surface area contributed by atoms with Crippen molar-refractivity contribution < 1.29 is 57.8 Å². The lowest BCUT2D eigenvalue weighted by Crippen LogP contribution is -2.61. The lowest BCUT2D eigenvalue weighted by atomic mass is 9.78. The first-order valence-corrected chi connectivity index (χ1v) is 25.8. The van der Waals surface area contributed by atoms with Gasteiger partial charge in [-0.1, -0.05) is 83.6 Å². The van der Waals surface area contributed by atoms with Gasteiger partial charge >= 0.3 is 0 Å². The molecule has 3 fully saturated rings. The number of ketones is 3. The minimum atomic E-state index is -2.30. The summed E-state index contributed by atoms with van der Waals surface area (Å²) in [4.78, 5) is 58.7. The SMILES string of the molecule is COC1C(=O)[C@H](C)C[C@H](C)/C=C/C=C/C=C(\C)[C@@H](OC)CC2CC[C@@H](C)[C@@](O)(O2)C(=O)C(=O)N2CCCC[C@H]2C(C)OC([C@H](C)C[C@@H]2CC[C@@H](OCCO)[C@H](OC)C2)CC(=O)[C@H](C)/C=C(\C)[C@H]1C. The Labute approximate surface area is 408 Å². The molecule has 0 spiro atoms. The third-order valence-corrected chi connectivity index (χ3v) is 15.7. The van der Waals surface area contributed by atoms with Crippen LogP contribution in [0, 0.1) is 41.4 Å². The van der Waals surface area contributed by atoms with Gasteiger partial charge in [-0.3, -0.25) is 19.2 Å². The Morgan fingerprint density at radius 2 is 1.57 bits per heavy atom. The molecule has 0 radical (unpaired) electrons. The summed E-state index contributed by atoms with van der Waals surface area (Å²) < 4.78 is 36.8. The summed E-state index contributed by atoms with van der Waals surface area (Å²) in [6.07, 6.45) is 16.6. The second-order valence-corrected chi connectivity index (χ2v) is 21.0. The molecule has 2 N–H and O–H groups in total. The van der Waals surface area contributed by atoms with Crippen LogP contribution in [0.25, 0.3) is 0 Å². The summed E-state index contributed by atoms with van der Waals surface area (Å²) in [5.41, 5.74) is 1.84. The van der Waals surface area contributed by atoms with E-state index < -0.39 is 59.8 Å². The van der Waals surface area contributed by atoms with Crippen LogP contribution in [0.4, 0.5) is 0 Å². The topological polar surface area (TPSA) is 167 Å². The van der Waals surface area contributed by atoms with Crippen molar-refractivity contribution in [3.8, 4) is 0 Å². The number of ether oxygens (including phenoxy) is 6. The maximum absolute atomic E-state index is 14.5. The van der Waals surface area contributed by atoms with Crippen molar-refractivity contribution in [1.82, 2.24) is 4.90 Å². The van der Waals surface area contributed by atoms with E-state index in [1.54, 1.807) is 33.2 Å². The van der Waals surface area contributed by atoms with Crippen LogP contribution in [0.15, 0.2) is 47.6 Å². The van der Waals surface area contributed by atoms with Gasteiger partial charge in [0.1, 0.15) is 11.9 Å². The van der Waals surface area contributed by atoms with Crippen molar-refractivity contribution >= 4 is 23.3 Å². The van der Waals surface area contributed by atoms with E-state index in [0.29, 0.717) is 45.1 Å². The number of fused-ring (bicyclic) bond motifs is 3. The quantitative estimate of drug-likeness (QED) is 0.168. The number of Topliss-reactive ketones (excluding diaryl/α,β-unsaturated/α-hetero) is 3. The summed E-state index contributed by atoms with van der Waals surface area (Å²) in [6.45, 7) is 18.2. The highest BCUT2D eigenvalue weighted by molar-refractivity contribution is 6.38. The van der Waals surface area contributed by atoms with E-state index in [4.69, 9.17) is 28.4 Å². The van der Waals surface area contributed by atoms with Crippen LogP contribution >= 0.6 is 0 Å². The second kappa shape index (κ2) is 27.7. The van der Waals surface area contributed by atoms with Crippen LogP contribution in [-0.2, 0) is 47.6 Å². The first-order chi connectivity index (χ1) is 32.3. The standard InChI is InChI=1S/C55H89NO12/c1-34-18-14-13-15-19-35(2)48(63-10)32-44-23-21-40(7)55(62,68-44)53(60)54(61)56-25-17-16-20-45(56)42(9)67-49(38(5)30-43-22-24-47(66-27-26-57)50(31-43)64-11)33-46(58)37(4)29-36(3)41(8)52(65-12)51(59)39(6)28-34/h13-15,18-19,29,34,37-45,47-50,52,57,62H,16-17,20-28,30-33H2,1-12H3/b15-13+,18-14+,35-19+,36-29+/t34-,37-,38-,39-,40-,41-,42?,43+,44?,45+,47-,48+,49?,50-,52?,55-/m1/s1. The Hall–Kier alpha value is -2.88. The van der Waals surface area contributed by atoms with Crippen molar-refractivity contribution in [2.45, 2.75) is 194 Å².